The summed E-state index contributed by atoms with van der Waals surface area (Å²) in [6.45, 7) is 0.580. The Balaban J connectivity index is 1.89. The first-order valence-electron chi connectivity index (χ1n) is 5.65. The van der Waals surface area contributed by atoms with Gasteiger partial charge in [0.05, 0.1) is 16.4 Å². The van der Waals surface area contributed by atoms with Gasteiger partial charge in [0.2, 0.25) is 0 Å². The average molecular weight is 270 g/mol. The Morgan fingerprint density at radius 1 is 1.33 bits per heavy atom. The second kappa shape index (κ2) is 4.93. The number of nitro benzene ring substituents is 1. The third-order valence-electron chi connectivity index (χ3n) is 3.00. The summed E-state index contributed by atoms with van der Waals surface area (Å²) < 4.78 is 22.5. The molecule has 6 nitrogen and oxygen atoms in total. The number of rotatable bonds is 4. The Hall–Kier alpha value is -1.63. The van der Waals surface area contributed by atoms with E-state index in [9.17, 15) is 18.5 Å². The number of hydrogen-bond donors (Lipinski definition) is 1. The minimum Gasteiger partial charge on any atom is -0.385 e. The first kappa shape index (κ1) is 12.8. The lowest BCUT2D eigenvalue weighted by atomic mass is 10.1. The number of sulfone groups is 1. The van der Waals surface area contributed by atoms with Crippen LogP contribution in [0, 0.1) is 16.0 Å². The summed E-state index contributed by atoms with van der Waals surface area (Å²) in [7, 11) is -2.85. The number of nitrogens with one attached hydrogen (secondary N) is 1. The third-order valence-corrected chi connectivity index (χ3v) is 4.84. The molecule has 0 bridgehead atoms. The smallest absolute Gasteiger partial charge is 0.269 e. The Kier molecular flexibility index (Phi) is 3.51. The molecule has 1 N–H and O–H groups in total. The lowest BCUT2D eigenvalue weighted by Gasteiger charge is -2.10. The van der Waals surface area contributed by atoms with Gasteiger partial charge in [-0.3, -0.25) is 10.1 Å². The van der Waals surface area contributed by atoms with Crippen LogP contribution in [-0.2, 0) is 9.84 Å². The lowest BCUT2D eigenvalue weighted by Crippen LogP contribution is -2.15. The summed E-state index contributed by atoms with van der Waals surface area (Å²) >= 11 is 0. The molecule has 0 aliphatic carbocycles. The molecule has 1 aliphatic rings. The minimum atomic E-state index is -2.85. The number of anilines is 1. The molecule has 1 fully saturated rings. The largest absolute Gasteiger partial charge is 0.385 e. The number of non-ortho nitro benzene ring substituents is 1. The molecule has 0 amide bonds. The van der Waals surface area contributed by atoms with Gasteiger partial charge in [0, 0.05) is 24.4 Å². The second-order valence-electron chi connectivity index (χ2n) is 4.45. The first-order chi connectivity index (χ1) is 8.46. The van der Waals surface area contributed by atoms with Crippen molar-refractivity contribution in [1.82, 2.24) is 0 Å². The highest BCUT2D eigenvalue weighted by Crippen LogP contribution is 2.20. The molecule has 1 saturated heterocycles. The van der Waals surface area contributed by atoms with Gasteiger partial charge in [-0.15, -0.1) is 0 Å². The van der Waals surface area contributed by atoms with Crippen LogP contribution in [-0.4, -0.2) is 31.4 Å². The average Bonchev–Trinajstić information content (AvgIpc) is 2.67. The predicted molar refractivity (Wildman–Crippen MR) is 68.3 cm³/mol. The molecule has 0 spiro atoms. The minimum absolute atomic E-state index is 0.0454. The van der Waals surface area contributed by atoms with Crippen molar-refractivity contribution in [2.75, 3.05) is 23.4 Å². The molecule has 18 heavy (non-hydrogen) atoms. The van der Waals surface area contributed by atoms with E-state index in [0.29, 0.717) is 13.0 Å². The standard InChI is InChI=1S/C11H14N2O4S/c14-13(15)11-3-1-10(2-4-11)12-7-9-5-6-18(16,17)8-9/h1-4,9,12H,5-8H2/t9-/m0/s1. The van der Waals surface area contributed by atoms with Gasteiger partial charge in [0.25, 0.3) is 5.69 Å². The fourth-order valence-electron chi connectivity index (χ4n) is 2.00. The van der Waals surface area contributed by atoms with Crippen molar-refractivity contribution in [3.8, 4) is 0 Å². The summed E-state index contributed by atoms with van der Waals surface area (Å²) in [5, 5.41) is 13.6. The van der Waals surface area contributed by atoms with Gasteiger partial charge in [-0.2, -0.15) is 0 Å². The first-order valence-corrected chi connectivity index (χ1v) is 7.47. The van der Waals surface area contributed by atoms with E-state index in [-0.39, 0.29) is 23.1 Å². The van der Waals surface area contributed by atoms with Gasteiger partial charge in [0.15, 0.2) is 9.84 Å². The van der Waals surface area contributed by atoms with E-state index in [1.165, 1.54) is 12.1 Å². The van der Waals surface area contributed by atoms with Gasteiger partial charge in [-0.25, -0.2) is 8.42 Å². The van der Waals surface area contributed by atoms with Gasteiger partial charge in [0.1, 0.15) is 0 Å². The predicted octanol–water partition coefficient (Wildman–Crippen LogP) is 1.44. The van der Waals surface area contributed by atoms with Crippen LogP contribution in [0.3, 0.4) is 0 Å². The molecule has 7 heteroatoms. The molecule has 1 heterocycles. The van der Waals surface area contributed by atoms with E-state index in [2.05, 4.69) is 5.32 Å². The molecule has 1 aliphatic heterocycles. The SMILES string of the molecule is O=[N+]([O-])c1ccc(NC[C@@H]2CCS(=O)(=O)C2)cc1. The zero-order valence-corrected chi connectivity index (χ0v) is 10.5. The van der Waals surface area contributed by atoms with E-state index in [4.69, 9.17) is 0 Å². The monoisotopic (exact) mass is 270 g/mol. The highest BCUT2D eigenvalue weighted by molar-refractivity contribution is 7.91. The fraction of sp³-hybridized carbons (Fsp3) is 0.455. The van der Waals surface area contributed by atoms with Crippen molar-refractivity contribution in [3.05, 3.63) is 34.4 Å². The Labute approximate surface area is 105 Å². The van der Waals surface area contributed by atoms with Gasteiger partial charge in [-0.1, -0.05) is 0 Å². The topological polar surface area (TPSA) is 89.3 Å². The maximum Gasteiger partial charge on any atom is 0.269 e. The molecule has 0 radical (unpaired) electrons. The number of benzene rings is 1. The van der Waals surface area contributed by atoms with Crippen molar-refractivity contribution in [2.24, 2.45) is 5.92 Å². The summed E-state index contributed by atoms with van der Waals surface area (Å²) in [5.41, 5.74) is 0.814. The molecular formula is C11H14N2O4S. The maximum absolute atomic E-state index is 11.3. The van der Waals surface area contributed by atoms with Crippen molar-refractivity contribution in [1.29, 1.82) is 0 Å². The second-order valence-corrected chi connectivity index (χ2v) is 6.68. The molecule has 98 valence electrons. The van der Waals surface area contributed by atoms with Crippen LogP contribution in [0.4, 0.5) is 11.4 Å². The summed E-state index contributed by atoms with van der Waals surface area (Å²) in [6.07, 6.45) is 0.683. The molecule has 1 atom stereocenters. The molecule has 1 aromatic rings. The van der Waals surface area contributed by atoms with Crippen molar-refractivity contribution in [2.45, 2.75) is 6.42 Å². The summed E-state index contributed by atoms with van der Waals surface area (Å²) in [4.78, 5) is 10.0. The maximum atomic E-state index is 11.3. The van der Waals surface area contributed by atoms with Crippen LogP contribution in [0.5, 0.6) is 0 Å². The van der Waals surface area contributed by atoms with Gasteiger partial charge >= 0.3 is 0 Å². The van der Waals surface area contributed by atoms with E-state index in [1.54, 1.807) is 12.1 Å². The van der Waals surface area contributed by atoms with Crippen LogP contribution in [0.2, 0.25) is 0 Å². The van der Waals surface area contributed by atoms with Crippen LogP contribution >= 0.6 is 0 Å². The summed E-state index contributed by atoms with van der Waals surface area (Å²) in [5.74, 6) is 0.622. The van der Waals surface area contributed by atoms with Crippen LogP contribution < -0.4 is 5.32 Å². The molecule has 0 aromatic heterocycles. The van der Waals surface area contributed by atoms with E-state index in [0.717, 1.165) is 5.69 Å². The fourth-order valence-corrected chi connectivity index (χ4v) is 3.86. The molecule has 0 saturated carbocycles. The molecule has 2 rings (SSSR count). The normalized spacial score (nSPS) is 21.7. The van der Waals surface area contributed by atoms with Gasteiger partial charge < -0.3 is 5.32 Å². The van der Waals surface area contributed by atoms with E-state index < -0.39 is 14.8 Å². The van der Waals surface area contributed by atoms with Crippen LogP contribution in [0.15, 0.2) is 24.3 Å². The van der Waals surface area contributed by atoms with Gasteiger partial charge in [-0.05, 0) is 24.5 Å². The quantitative estimate of drug-likeness (QED) is 0.660. The van der Waals surface area contributed by atoms with Crippen molar-refractivity contribution < 1.29 is 13.3 Å². The van der Waals surface area contributed by atoms with Crippen LogP contribution in [0.1, 0.15) is 6.42 Å². The number of nitrogens with zero attached hydrogens (tertiary/aromatic N) is 1. The Morgan fingerprint density at radius 2 is 2.00 bits per heavy atom. The lowest BCUT2D eigenvalue weighted by molar-refractivity contribution is -0.384. The highest BCUT2D eigenvalue weighted by atomic mass is 32.2. The van der Waals surface area contributed by atoms with E-state index in [1.807, 2.05) is 0 Å². The third kappa shape index (κ3) is 3.19. The summed E-state index contributed by atoms with van der Waals surface area (Å²) in [6, 6.07) is 6.10. The Morgan fingerprint density at radius 3 is 2.50 bits per heavy atom. The highest BCUT2D eigenvalue weighted by Gasteiger charge is 2.27. The van der Waals surface area contributed by atoms with Crippen molar-refractivity contribution in [3.63, 3.8) is 0 Å². The zero-order chi connectivity index (χ0) is 13.2. The zero-order valence-electron chi connectivity index (χ0n) is 9.70. The Bertz CT molecular complexity index is 539. The molecule has 0 unspecified atom stereocenters. The van der Waals surface area contributed by atoms with Crippen molar-refractivity contribution >= 4 is 21.2 Å². The number of nitro groups is 1. The van der Waals surface area contributed by atoms with E-state index >= 15 is 0 Å². The molecule has 1 aromatic carbocycles. The van der Waals surface area contributed by atoms with Crippen LogP contribution in [0.25, 0.3) is 0 Å². The number of hydrogen-bond acceptors (Lipinski definition) is 5. The molecular weight excluding hydrogens is 256 g/mol.